The zero-order chi connectivity index (χ0) is 19.3. The molecule has 0 aromatic heterocycles. The van der Waals surface area contributed by atoms with Gasteiger partial charge in [-0.25, -0.2) is 0 Å². The molecule has 0 amide bonds. The average molecular weight is 358 g/mol. The molecular formula is C22H30O4. The quantitative estimate of drug-likeness (QED) is 0.588. The number of allylic oxidation sites excluding steroid dienone is 4. The highest BCUT2D eigenvalue weighted by molar-refractivity contribution is 6.20. The number of fused-ring (bicyclic) bond motifs is 1. The lowest BCUT2D eigenvalue weighted by atomic mass is 9.46. The fourth-order valence-electron chi connectivity index (χ4n) is 5.56. The van der Waals surface area contributed by atoms with Gasteiger partial charge in [-0.15, -0.1) is 0 Å². The number of Topliss-reactive ketones (excluding diaryl/α,β-unsaturated/α-hetero) is 1. The third-order valence-corrected chi connectivity index (χ3v) is 7.65. The lowest BCUT2D eigenvalue weighted by molar-refractivity contribution is -0.120. The number of ether oxygens (including phenoxy) is 1. The van der Waals surface area contributed by atoms with Crippen LogP contribution in [0.15, 0.2) is 34.8 Å². The Hall–Kier alpha value is -1.84. The predicted octanol–water partition coefficient (Wildman–Crippen LogP) is 4.67. The van der Waals surface area contributed by atoms with Gasteiger partial charge in [0.2, 0.25) is 11.6 Å². The van der Waals surface area contributed by atoms with E-state index in [4.69, 9.17) is 4.74 Å². The van der Waals surface area contributed by atoms with Gasteiger partial charge in [0.25, 0.3) is 0 Å². The molecule has 142 valence electrons. The van der Waals surface area contributed by atoms with Crippen LogP contribution < -0.4 is 0 Å². The molecule has 3 aliphatic carbocycles. The van der Waals surface area contributed by atoms with Crippen LogP contribution in [-0.2, 0) is 14.3 Å². The first-order chi connectivity index (χ1) is 12.1. The summed E-state index contributed by atoms with van der Waals surface area (Å²) in [6.45, 7) is 9.05. The Balaban J connectivity index is 2.02. The molecule has 4 atom stereocenters. The number of ketones is 2. The summed E-state index contributed by atoms with van der Waals surface area (Å²) in [5, 5.41) is 10.4. The number of hydrogen-bond acceptors (Lipinski definition) is 4. The van der Waals surface area contributed by atoms with Crippen molar-refractivity contribution in [2.75, 3.05) is 7.11 Å². The monoisotopic (exact) mass is 358 g/mol. The molecule has 4 heteroatoms. The van der Waals surface area contributed by atoms with E-state index in [1.165, 1.54) is 12.7 Å². The van der Waals surface area contributed by atoms with Crippen LogP contribution >= 0.6 is 0 Å². The highest BCUT2D eigenvalue weighted by Gasteiger charge is 2.54. The lowest BCUT2D eigenvalue weighted by Gasteiger charge is -2.58. The Kier molecular flexibility index (Phi) is 4.66. The molecule has 3 aliphatic rings. The van der Waals surface area contributed by atoms with E-state index < -0.39 is 11.5 Å². The van der Waals surface area contributed by atoms with Crippen LogP contribution in [0.5, 0.6) is 0 Å². The van der Waals surface area contributed by atoms with E-state index in [0.717, 1.165) is 31.8 Å². The summed E-state index contributed by atoms with van der Waals surface area (Å²) in [5.41, 5.74) is 1.63. The molecule has 1 fully saturated rings. The molecule has 0 aromatic carbocycles. The number of carbonyl (C=O) groups excluding carboxylic acids is 2. The molecular weight excluding hydrogens is 328 g/mol. The molecule has 1 N–H and O–H groups in total. The van der Waals surface area contributed by atoms with Crippen LogP contribution in [0.2, 0.25) is 0 Å². The van der Waals surface area contributed by atoms with Crippen molar-refractivity contribution in [3.05, 3.63) is 34.8 Å². The van der Waals surface area contributed by atoms with Gasteiger partial charge in [-0.1, -0.05) is 32.4 Å². The van der Waals surface area contributed by atoms with Gasteiger partial charge in [-0.05, 0) is 61.7 Å². The molecule has 4 nitrogen and oxygen atoms in total. The number of methoxy groups -OCH3 is 1. The molecule has 0 bridgehead atoms. The van der Waals surface area contributed by atoms with Crippen LogP contribution in [0.4, 0.5) is 0 Å². The third kappa shape index (κ3) is 2.65. The van der Waals surface area contributed by atoms with Crippen LogP contribution in [0.1, 0.15) is 59.8 Å². The SMILES string of the molecule is COC1=CC(=O)C(O)=C(C[C@]2(C)[C@@H](C)CC[C@]3(C)C(C)=CCC[C@@H]23)C1=O. The summed E-state index contributed by atoms with van der Waals surface area (Å²) in [7, 11) is 1.38. The van der Waals surface area contributed by atoms with Crippen LogP contribution in [0, 0.1) is 22.7 Å². The Morgan fingerprint density at radius 2 is 1.96 bits per heavy atom. The standard InChI is InChI=1S/C22H30O4/c1-13-7-6-8-18-21(13,3)10-9-14(2)22(18,4)12-15-19(24)16(23)11-17(26-5)20(15)25/h7,11,14,18,24H,6,8-10,12H2,1-5H3/t14-,18+,21+,22+/m0/s1. The van der Waals surface area contributed by atoms with E-state index in [1.54, 1.807) is 0 Å². The minimum absolute atomic E-state index is 0.0253. The van der Waals surface area contributed by atoms with Gasteiger partial charge in [0.05, 0.1) is 7.11 Å². The fraction of sp³-hybridized carbons (Fsp3) is 0.636. The maximum Gasteiger partial charge on any atom is 0.227 e. The molecule has 3 rings (SSSR count). The highest BCUT2D eigenvalue weighted by Crippen LogP contribution is 2.62. The molecule has 0 unspecified atom stereocenters. The highest BCUT2D eigenvalue weighted by atomic mass is 16.5. The summed E-state index contributed by atoms with van der Waals surface area (Å²) in [6.07, 6.45) is 8.22. The van der Waals surface area contributed by atoms with E-state index in [0.29, 0.717) is 18.3 Å². The van der Waals surface area contributed by atoms with Gasteiger partial charge in [0, 0.05) is 11.6 Å². The normalized spacial score (nSPS) is 37.9. The Morgan fingerprint density at radius 1 is 1.27 bits per heavy atom. The van der Waals surface area contributed by atoms with Crippen molar-refractivity contribution in [1.82, 2.24) is 0 Å². The molecule has 0 spiro atoms. The number of aliphatic hydroxyl groups is 1. The van der Waals surface area contributed by atoms with Crippen molar-refractivity contribution < 1.29 is 19.4 Å². The van der Waals surface area contributed by atoms with E-state index in [-0.39, 0.29) is 27.9 Å². The van der Waals surface area contributed by atoms with Gasteiger partial charge >= 0.3 is 0 Å². The van der Waals surface area contributed by atoms with Crippen molar-refractivity contribution >= 4 is 11.6 Å². The van der Waals surface area contributed by atoms with Crippen molar-refractivity contribution in [3.63, 3.8) is 0 Å². The molecule has 1 saturated carbocycles. The van der Waals surface area contributed by atoms with Gasteiger partial charge in [-0.3, -0.25) is 9.59 Å². The average Bonchev–Trinajstić information content (AvgIpc) is 2.61. The van der Waals surface area contributed by atoms with E-state index in [9.17, 15) is 14.7 Å². The first-order valence-electron chi connectivity index (χ1n) is 9.59. The topological polar surface area (TPSA) is 63.6 Å². The summed E-state index contributed by atoms with van der Waals surface area (Å²) >= 11 is 0. The van der Waals surface area contributed by atoms with Crippen molar-refractivity contribution in [2.24, 2.45) is 22.7 Å². The van der Waals surface area contributed by atoms with Crippen molar-refractivity contribution in [3.8, 4) is 0 Å². The number of aliphatic hydroxyl groups excluding tert-OH is 1. The van der Waals surface area contributed by atoms with Gasteiger partial charge in [0.15, 0.2) is 11.5 Å². The molecule has 0 aliphatic heterocycles. The van der Waals surface area contributed by atoms with Crippen LogP contribution in [-0.4, -0.2) is 23.8 Å². The number of carbonyl (C=O) groups is 2. The molecule has 0 radical (unpaired) electrons. The maximum absolute atomic E-state index is 12.8. The minimum atomic E-state index is -0.536. The Labute approximate surface area is 156 Å². The molecule has 0 heterocycles. The number of rotatable bonds is 3. The molecule has 26 heavy (non-hydrogen) atoms. The lowest BCUT2D eigenvalue weighted by Crippen LogP contribution is -2.50. The summed E-state index contributed by atoms with van der Waals surface area (Å²) in [6, 6.07) is 0. The van der Waals surface area contributed by atoms with Crippen LogP contribution in [0.25, 0.3) is 0 Å². The zero-order valence-corrected chi connectivity index (χ0v) is 16.5. The fourth-order valence-corrected chi connectivity index (χ4v) is 5.56. The largest absolute Gasteiger partial charge is 0.504 e. The van der Waals surface area contributed by atoms with Crippen molar-refractivity contribution in [1.29, 1.82) is 0 Å². The van der Waals surface area contributed by atoms with Crippen LogP contribution in [0.3, 0.4) is 0 Å². The number of hydrogen-bond donors (Lipinski definition) is 1. The summed E-state index contributed by atoms with van der Waals surface area (Å²) < 4.78 is 5.08. The molecule has 0 aromatic rings. The molecule has 0 saturated heterocycles. The summed E-state index contributed by atoms with van der Waals surface area (Å²) in [5.74, 6) is -0.438. The summed E-state index contributed by atoms with van der Waals surface area (Å²) in [4.78, 5) is 24.9. The Morgan fingerprint density at radius 3 is 2.62 bits per heavy atom. The minimum Gasteiger partial charge on any atom is -0.504 e. The first kappa shape index (κ1) is 18.9. The smallest absolute Gasteiger partial charge is 0.227 e. The predicted molar refractivity (Wildman–Crippen MR) is 100 cm³/mol. The van der Waals surface area contributed by atoms with E-state index >= 15 is 0 Å². The first-order valence-corrected chi connectivity index (χ1v) is 9.59. The van der Waals surface area contributed by atoms with E-state index in [2.05, 4.69) is 33.8 Å². The maximum atomic E-state index is 12.8. The third-order valence-electron chi connectivity index (χ3n) is 7.65. The second kappa shape index (κ2) is 6.40. The van der Waals surface area contributed by atoms with E-state index in [1.807, 2.05) is 0 Å². The van der Waals surface area contributed by atoms with Crippen molar-refractivity contribution in [2.45, 2.75) is 59.8 Å². The van der Waals surface area contributed by atoms with Gasteiger partial charge in [-0.2, -0.15) is 0 Å². The second-order valence-corrected chi connectivity index (χ2v) is 8.79. The van der Waals surface area contributed by atoms with Gasteiger partial charge in [0.1, 0.15) is 0 Å². The Bertz CT molecular complexity index is 741. The second-order valence-electron chi connectivity index (χ2n) is 8.79. The van der Waals surface area contributed by atoms with Gasteiger partial charge < -0.3 is 9.84 Å². The zero-order valence-electron chi connectivity index (χ0n) is 16.5.